The zero-order valence-electron chi connectivity index (χ0n) is 12.5. The van der Waals surface area contributed by atoms with Crippen LogP contribution in [0.2, 0.25) is 0 Å². The first-order chi connectivity index (χ1) is 11.6. The van der Waals surface area contributed by atoms with E-state index in [0.29, 0.717) is 22.5 Å². The highest BCUT2D eigenvalue weighted by molar-refractivity contribution is 6.12. The third-order valence-corrected chi connectivity index (χ3v) is 3.44. The van der Waals surface area contributed by atoms with Gasteiger partial charge in [0.05, 0.1) is 16.2 Å². The molecule has 1 aromatic heterocycles. The number of hydrogen-bond acceptors (Lipinski definition) is 5. The minimum atomic E-state index is -0.465. The average Bonchev–Trinajstić information content (AvgIpc) is 2.62. The van der Waals surface area contributed by atoms with E-state index in [1.165, 1.54) is 18.3 Å². The highest BCUT2D eigenvalue weighted by Gasteiger charge is 2.14. The number of nitro benzene ring substituents is 1. The molecular formula is C18H13N3O3. The summed E-state index contributed by atoms with van der Waals surface area (Å²) in [5.41, 5.74) is 1.99. The van der Waals surface area contributed by atoms with E-state index in [9.17, 15) is 14.9 Å². The van der Waals surface area contributed by atoms with E-state index >= 15 is 0 Å². The Morgan fingerprint density at radius 3 is 2.58 bits per heavy atom. The maximum Gasteiger partial charge on any atom is 0.271 e. The quantitative estimate of drug-likeness (QED) is 0.437. The normalized spacial score (nSPS) is 10.2. The van der Waals surface area contributed by atoms with Crippen molar-refractivity contribution in [1.29, 1.82) is 0 Å². The maximum absolute atomic E-state index is 12.6. The van der Waals surface area contributed by atoms with Gasteiger partial charge in [0.1, 0.15) is 0 Å². The summed E-state index contributed by atoms with van der Waals surface area (Å²) < 4.78 is 0. The van der Waals surface area contributed by atoms with Gasteiger partial charge in [0.15, 0.2) is 5.78 Å². The second-order valence-corrected chi connectivity index (χ2v) is 5.05. The van der Waals surface area contributed by atoms with E-state index in [2.05, 4.69) is 10.3 Å². The second kappa shape index (κ2) is 6.70. The lowest BCUT2D eigenvalue weighted by Gasteiger charge is -2.11. The highest BCUT2D eigenvalue weighted by atomic mass is 16.6. The fourth-order valence-corrected chi connectivity index (χ4v) is 2.28. The highest BCUT2D eigenvalue weighted by Crippen LogP contribution is 2.25. The van der Waals surface area contributed by atoms with Crippen molar-refractivity contribution < 1.29 is 9.72 Å². The third-order valence-electron chi connectivity index (χ3n) is 3.44. The van der Waals surface area contributed by atoms with Gasteiger partial charge in [-0.05, 0) is 12.1 Å². The Morgan fingerprint density at radius 2 is 1.83 bits per heavy atom. The average molecular weight is 319 g/mol. The van der Waals surface area contributed by atoms with Crippen molar-refractivity contribution >= 4 is 22.8 Å². The number of nitrogens with one attached hydrogen (secondary N) is 1. The van der Waals surface area contributed by atoms with Gasteiger partial charge in [0.2, 0.25) is 0 Å². The molecule has 0 radical (unpaired) electrons. The lowest BCUT2D eigenvalue weighted by molar-refractivity contribution is -0.384. The Morgan fingerprint density at radius 1 is 1.04 bits per heavy atom. The van der Waals surface area contributed by atoms with Gasteiger partial charge >= 0.3 is 0 Å². The SMILES string of the molecule is O=C(c1ccccc1)c1cnccc1Nc1cccc([N+](=O)[O-])c1. The van der Waals surface area contributed by atoms with Crippen LogP contribution in [0, 0.1) is 10.1 Å². The molecule has 1 heterocycles. The number of pyridine rings is 1. The van der Waals surface area contributed by atoms with Crippen LogP contribution in [-0.2, 0) is 0 Å². The lowest BCUT2D eigenvalue weighted by atomic mass is 10.0. The molecule has 0 saturated heterocycles. The number of aromatic nitrogens is 1. The molecule has 6 heteroatoms. The summed E-state index contributed by atoms with van der Waals surface area (Å²) >= 11 is 0. The molecule has 2 aromatic carbocycles. The number of carbonyl (C=O) groups is 1. The van der Waals surface area contributed by atoms with Gasteiger partial charge in [-0.15, -0.1) is 0 Å². The summed E-state index contributed by atoms with van der Waals surface area (Å²) in [5.74, 6) is -0.170. The van der Waals surface area contributed by atoms with E-state index in [1.807, 2.05) is 6.07 Å². The predicted octanol–water partition coefficient (Wildman–Crippen LogP) is 3.96. The smallest absolute Gasteiger partial charge is 0.271 e. The van der Waals surface area contributed by atoms with Crippen molar-refractivity contribution in [3.63, 3.8) is 0 Å². The molecule has 0 aliphatic heterocycles. The van der Waals surface area contributed by atoms with Gasteiger partial charge in [-0.25, -0.2) is 0 Å². The molecule has 0 amide bonds. The Kier molecular flexibility index (Phi) is 4.29. The lowest BCUT2D eigenvalue weighted by Crippen LogP contribution is -2.06. The van der Waals surface area contributed by atoms with Crippen LogP contribution in [0.25, 0.3) is 0 Å². The number of nitro groups is 1. The van der Waals surface area contributed by atoms with Crippen LogP contribution in [0.5, 0.6) is 0 Å². The van der Waals surface area contributed by atoms with E-state index in [4.69, 9.17) is 0 Å². The summed E-state index contributed by atoms with van der Waals surface area (Å²) in [5, 5.41) is 13.9. The van der Waals surface area contributed by atoms with E-state index in [-0.39, 0.29) is 11.5 Å². The van der Waals surface area contributed by atoms with Crippen LogP contribution >= 0.6 is 0 Å². The maximum atomic E-state index is 12.6. The molecule has 0 unspecified atom stereocenters. The summed E-state index contributed by atoms with van der Waals surface area (Å²) in [6.45, 7) is 0. The number of ketones is 1. The zero-order valence-corrected chi connectivity index (χ0v) is 12.5. The molecule has 0 spiro atoms. The van der Waals surface area contributed by atoms with Crippen LogP contribution in [0.1, 0.15) is 15.9 Å². The molecule has 118 valence electrons. The van der Waals surface area contributed by atoms with Gasteiger partial charge in [-0.2, -0.15) is 0 Å². The summed E-state index contributed by atoms with van der Waals surface area (Å²) in [7, 11) is 0. The first-order valence-corrected chi connectivity index (χ1v) is 7.20. The fourth-order valence-electron chi connectivity index (χ4n) is 2.28. The van der Waals surface area contributed by atoms with Gasteiger partial charge in [-0.3, -0.25) is 19.9 Å². The predicted molar refractivity (Wildman–Crippen MR) is 90.5 cm³/mol. The van der Waals surface area contributed by atoms with Gasteiger partial charge in [-0.1, -0.05) is 36.4 Å². The topological polar surface area (TPSA) is 85.1 Å². The standard InChI is InChI=1S/C18H13N3O3/c22-18(13-5-2-1-3-6-13)16-12-19-10-9-17(16)20-14-7-4-8-15(11-14)21(23)24/h1-12H,(H,19,20). The van der Waals surface area contributed by atoms with Crippen molar-refractivity contribution in [3.05, 3.63) is 94.3 Å². The summed E-state index contributed by atoms with van der Waals surface area (Å²) in [6, 6.07) is 16.6. The molecule has 3 aromatic rings. The molecular weight excluding hydrogens is 306 g/mol. The Balaban J connectivity index is 1.94. The second-order valence-electron chi connectivity index (χ2n) is 5.05. The zero-order chi connectivity index (χ0) is 16.9. The van der Waals surface area contributed by atoms with Crippen LogP contribution in [0.3, 0.4) is 0 Å². The molecule has 0 fully saturated rings. The van der Waals surface area contributed by atoms with Gasteiger partial charge < -0.3 is 5.32 Å². The first kappa shape index (κ1) is 15.4. The molecule has 0 bridgehead atoms. The number of hydrogen-bond donors (Lipinski definition) is 1. The Hall–Kier alpha value is -3.54. The van der Waals surface area contributed by atoms with Crippen molar-refractivity contribution in [2.45, 2.75) is 0 Å². The van der Waals surface area contributed by atoms with Crippen molar-refractivity contribution in [1.82, 2.24) is 4.98 Å². The van der Waals surface area contributed by atoms with Gasteiger partial charge in [0, 0.05) is 35.8 Å². The molecule has 0 aliphatic rings. The van der Waals surface area contributed by atoms with Crippen molar-refractivity contribution in [2.24, 2.45) is 0 Å². The number of carbonyl (C=O) groups excluding carboxylic acids is 1. The van der Waals surface area contributed by atoms with Crippen LogP contribution in [0.4, 0.5) is 17.1 Å². The number of benzene rings is 2. The summed E-state index contributed by atoms with van der Waals surface area (Å²) in [6.07, 6.45) is 3.04. The number of nitrogens with zero attached hydrogens (tertiary/aromatic N) is 2. The third kappa shape index (κ3) is 3.27. The van der Waals surface area contributed by atoms with Crippen LogP contribution in [0.15, 0.2) is 73.1 Å². The van der Waals surface area contributed by atoms with Crippen LogP contribution < -0.4 is 5.32 Å². The monoisotopic (exact) mass is 319 g/mol. The largest absolute Gasteiger partial charge is 0.355 e. The molecule has 0 atom stereocenters. The summed E-state index contributed by atoms with van der Waals surface area (Å²) in [4.78, 5) is 27.1. The minimum absolute atomic E-state index is 0.0232. The fraction of sp³-hybridized carbons (Fsp3) is 0. The molecule has 0 aliphatic carbocycles. The van der Waals surface area contributed by atoms with E-state index in [1.54, 1.807) is 48.7 Å². The minimum Gasteiger partial charge on any atom is -0.355 e. The number of anilines is 2. The molecule has 24 heavy (non-hydrogen) atoms. The first-order valence-electron chi connectivity index (χ1n) is 7.20. The molecule has 3 rings (SSSR count). The Bertz CT molecular complexity index is 895. The Labute approximate surface area is 137 Å². The van der Waals surface area contributed by atoms with E-state index in [0.717, 1.165) is 0 Å². The van der Waals surface area contributed by atoms with Crippen molar-refractivity contribution in [3.8, 4) is 0 Å². The van der Waals surface area contributed by atoms with Crippen molar-refractivity contribution in [2.75, 3.05) is 5.32 Å². The van der Waals surface area contributed by atoms with Crippen LogP contribution in [-0.4, -0.2) is 15.7 Å². The molecule has 1 N–H and O–H groups in total. The number of non-ortho nitro benzene ring substituents is 1. The van der Waals surface area contributed by atoms with E-state index < -0.39 is 4.92 Å². The molecule has 6 nitrogen and oxygen atoms in total. The van der Waals surface area contributed by atoms with Gasteiger partial charge in [0.25, 0.3) is 5.69 Å². The molecule has 0 saturated carbocycles. The number of rotatable bonds is 5.